The molecule has 122 valence electrons. The first-order valence-corrected chi connectivity index (χ1v) is 8.54. The lowest BCUT2D eigenvalue weighted by Crippen LogP contribution is -2.11. The summed E-state index contributed by atoms with van der Waals surface area (Å²) in [5.74, 6) is -0.643. The Morgan fingerprint density at radius 1 is 0.960 bits per heavy atom. The molecule has 0 saturated heterocycles. The van der Waals surface area contributed by atoms with Crippen molar-refractivity contribution >= 4 is 33.1 Å². The van der Waals surface area contributed by atoms with Crippen LogP contribution in [0.15, 0.2) is 72.8 Å². The largest absolute Gasteiger partial charge is 0.322 e. The molecule has 1 aromatic heterocycles. The van der Waals surface area contributed by atoms with Crippen LogP contribution in [0.1, 0.15) is 10.4 Å². The van der Waals surface area contributed by atoms with E-state index in [0.717, 1.165) is 20.8 Å². The van der Waals surface area contributed by atoms with Gasteiger partial charge in [-0.3, -0.25) is 4.79 Å². The highest BCUT2D eigenvalue weighted by molar-refractivity contribution is 7.21. The summed E-state index contributed by atoms with van der Waals surface area (Å²) in [4.78, 5) is 16.9. The van der Waals surface area contributed by atoms with Gasteiger partial charge in [-0.1, -0.05) is 24.3 Å². The van der Waals surface area contributed by atoms with Gasteiger partial charge in [-0.15, -0.1) is 11.3 Å². The van der Waals surface area contributed by atoms with Crippen molar-refractivity contribution in [3.63, 3.8) is 0 Å². The topological polar surface area (TPSA) is 42.0 Å². The lowest BCUT2D eigenvalue weighted by molar-refractivity contribution is 0.102. The lowest BCUT2D eigenvalue weighted by atomic mass is 10.1. The maximum Gasteiger partial charge on any atom is 0.255 e. The summed E-state index contributed by atoms with van der Waals surface area (Å²) in [6.07, 6.45) is 0. The number of anilines is 1. The zero-order valence-electron chi connectivity index (χ0n) is 13.1. The third-order valence-electron chi connectivity index (χ3n) is 3.77. The number of hydrogen-bond acceptors (Lipinski definition) is 3. The van der Waals surface area contributed by atoms with E-state index < -0.39 is 0 Å². The Morgan fingerprint density at radius 3 is 2.56 bits per heavy atom. The van der Waals surface area contributed by atoms with Gasteiger partial charge in [0.2, 0.25) is 0 Å². The van der Waals surface area contributed by atoms with Gasteiger partial charge in [0.25, 0.3) is 5.91 Å². The number of para-hydroxylation sites is 1. The Balaban J connectivity index is 1.60. The fraction of sp³-hybridized carbons (Fsp3) is 0. The molecule has 1 amide bonds. The Bertz CT molecular complexity index is 1020. The lowest BCUT2D eigenvalue weighted by Gasteiger charge is -2.06. The fourth-order valence-corrected chi connectivity index (χ4v) is 3.49. The predicted octanol–water partition coefficient (Wildman–Crippen LogP) is 5.35. The van der Waals surface area contributed by atoms with E-state index in [1.165, 1.54) is 24.3 Å². The number of thiazole rings is 1. The SMILES string of the molecule is O=C(Nc1cccc(-c2nc3ccccc3s2)c1)c1ccc(F)cc1. The highest BCUT2D eigenvalue weighted by atomic mass is 32.1. The summed E-state index contributed by atoms with van der Waals surface area (Å²) in [6.45, 7) is 0. The van der Waals surface area contributed by atoms with Crippen molar-refractivity contribution in [2.24, 2.45) is 0 Å². The summed E-state index contributed by atoms with van der Waals surface area (Å²) in [6, 6.07) is 21.0. The van der Waals surface area contributed by atoms with Crippen molar-refractivity contribution in [3.05, 3.63) is 84.2 Å². The maximum atomic E-state index is 13.0. The van der Waals surface area contributed by atoms with Crippen LogP contribution in [-0.2, 0) is 0 Å². The second-order valence-corrected chi connectivity index (χ2v) is 6.56. The monoisotopic (exact) mass is 348 g/mol. The van der Waals surface area contributed by atoms with Crippen LogP contribution in [0, 0.1) is 5.82 Å². The number of hydrogen-bond donors (Lipinski definition) is 1. The van der Waals surface area contributed by atoms with Crippen LogP contribution < -0.4 is 5.32 Å². The molecule has 0 fully saturated rings. The molecular weight excluding hydrogens is 335 g/mol. The summed E-state index contributed by atoms with van der Waals surface area (Å²) >= 11 is 1.61. The van der Waals surface area contributed by atoms with Crippen molar-refractivity contribution in [2.45, 2.75) is 0 Å². The van der Waals surface area contributed by atoms with E-state index in [4.69, 9.17) is 0 Å². The average Bonchev–Trinajstić information content (AvgIpc) is 3.07. The summed E-state index contributed by atoms with van der Waals surface area (Å²) in [5, 5.41) is 3.74. The van der Waals surface area contributed by atoms with Gasteiger partial charge in [0, 0.05) is 16.8 Å². The summed E-state index contributed by atoms with van der Waals surface area (Å²) in [5.41, 5.74) is 2.99. The zero-order valence-corrected chi connectivity index (χ0v) is 13.9. The fourth-order valence-electron chi connectivity index (χ4n) is 2.53. The number of nitrogens with zero attached hydrogens (tertiary/aromatic N) is 1. The number of aromatic nitrogens is 1. The Labute approximate surface area is 147 Å². The second kappa shape index (κ2) is 6.45. The van der Waals surface area contributed by atoms with Gasteiger partial charge < -0.3 is 5.32 Å². The van der Waals surface area contributed by atoms with Gasteiger partial charge in [-0.25, -0.2) is 9.37 Å². The van der Waals surface area contributed by atoms with Crippen LogP contribution >= 0.6 is 11.3 Å². The molecule has 1 N–H and O–H groups in total. The molecule has 0 atom stereocenters. The molecule has 25 heavy (non-hydrogen) atoms. The standard InChI is InChI=1S/C20H13FN2OS/c21-15-10-8-13(9-11-15)19(24)22-16-5-3-4-14(12-16)20-23-17-6-1-2-7-18(17)25-20/h1-12H,(H,22,24). The molecule has 0 radical (unpaired) electrons. The van der Waals surface area contributed by atoms with Crippen LogP contribution in [0.25, 0.3) is 20.8 Å². The highest BCUT2D eigenvalue weighted by Gasteiger charge is 2.09. The van der Waals surface area contributed by atoms with E-state index in [0.29, 0.717) is 11.3 Å². The molecule has 0 aliphatic heterocycles. The third kappa shape index (κ3) is 3.27. The first-order chi connectivity index (χ1) is 12.2. The molecule has 0 aliphatic carbocycles. The maximum absolute atomic E-state index is 13.0. The average molecular weight is 348 g/mol. The van der Waals surface area contributed by atoms with E-state index in [1.807, 2.05) is 48.5 Å². The van der Waals surface area contributed by atoms with Gasteiger partial charge in [-0.05, 0) is 48.5 Å². The Kier molecular flexibility index (Phi) is 3.99. The molecule has 0 unspecified atom stereocenters. The van der Waals surface area contributed by atoms with Crippen molar-refractivity contribution in [3.8, 4) is 10.6 Å². The number of carbonyl (C=O) groups excluding carboxylic acids is 1. The number of amides is 1. The van der Waals surface area contributed by atoms with Crippen molar-refractivity contribution in [1.29, 1.82) is 0 Å². The molecular formula is C20H13FN2OS. The molecule has 3 nitrogen and oxygen atoms in total. The van der Waals surface area contributed by atoms with E-state index in [-0.39, 0.29) is 11.7 Å². The van der Waals surface area contributed by atoms with Crippen molar-refractivity contribution < 1.29 is 9.18 Å². The van der Waals surface area contributed by atoms with Gasteiger partial charge in [-0.2, -0.15) is 0 Å². The van der Waals surface area contributed by atoms with Gasteiger partial charge in [0.15, 0.2) is 0 Å². The number of halogens is 1. The van der Waals surface area contributed by atoms with E-state index >= 15 is 0 Å². The minimum Gasteiger partial charge on any atom is -0.322 e. The quantitative estimate of drug-likeness (QED) is 0.542. The number of fused-ring (bicyclic) bond motifs is 1. The molecule has 0 spiro atoms. The predicted molar refractivity (Wildman–Crippen MR) is 99.4 cm³/mol. The van der Waals surface area contributed by atoms with Crippen LogP contribution in [0.3, 0.4) is 0 Å². The van der Waals surface area contributed by atoms with Crippen molar-refractivity contribution in [1.82, 2.24) is 4.98 Å². The van der Waals surface area contributed by atoms with E-state index in [1.54, 1.807) is 11.3 Å². The Hall–Kier alpha value is -3.05. The highest BCUT2D eigenvalue weighted by Crippen LogP contribution is 2.31. The zero-order chi connectivity index (χ0) is 17.2. The minimum absolute atomic E-state index is 0.276. The molecule has 0 aliphatic rings. The van der Waals surface area contributed by atoms with Crippen LogP contribution in [0.4, 0.5) is 10.1 Å². The molecule has 4 rings (SSSR count). The molecule has 0 bridgehead atoms. The smallest absolute Gasteiger partial charge is 0.255 e. The number of nitrogens with one attached hydrogen (secondary N) is 1. The van der Waals surface area contributed by atoms with E-state index in [9.17, 15) is 9.18 Å². The first-order valence-electron chi connectivity index (χ1n) is 7.72. The van der Waals surface area contributed by atoms with Gasteiger partial charge >= 0.3 is 0 Å². The number of benzene rings is 3. The van der Waals surface area contributed by atoms with Crippen molar-refractivity contribution in [2.75, 3.05) is 5.32 Å². The second-order valence-electron chi connectivity index (χ2n) is 5.53. The summed E-state index contributed by atoms with van der Waals surface area (Å²) in [7, 11) is 0. The third-order valence-corrected chi connectivity index (χ3v) is 4.85. The van der Waals surface area contributed by atoms with Crippen LogP contribution in [0.2, 0.25) is 0 Å². The normalized spacial score (nSPS) is 10.8. The van der Waals surface area contributed by atoms with Gasteiger partial charge in [0.05, 0.1) is 10.2 Å². The molecule has 5 heteroatoms. The van der Waals surface area contributed by atoms with Crippen LogP contribution in [0.5, 0.6) is 0 Å². The van der Waals surface area contributed by atoms with E-state index in [2.05, 4.69) is 10.3 Å². The van der Waals surface area contributed by atoms with Gasteiger partial charge in [0.1, 0.15) is 10.8 Å². The molecule has 3 aromatic carbocycles. The van der Waals surface area contributed by atoms with Crippen LogP contribution in [-0.4, -0.2) is 10.9 Å². The molecule has 1 heterocycles. The minimum atomic E-state index is -0.366. The Morgan fingerprint density at radius 2 is 1.76 bits per heavy atom. The summed E-state index contributed by atoms with van der Waals surface area (Å²) < 4.78 is 14.1. The molecule has 4 aromatic rings. The molecule has 0 saturated carbocycles. The number of carbonyl (C=O) groups is 1. The first kappa shape index (κ1) is 15.5. The number of rotatable bonds is 3.